The molecule has 0 bridgehead atoms. The molecule has 0 saturated carbocycles. The summed E-state index contributed by atoms with van der Waals surface area (Å²) in [4.78, 5) is 14.5. The Morgan fingerprint density at radius 1 is 1.27 bits per heavy atom. The van der Waals surface area contributed by atoms with E-state index in [0.717, 1.165) is 26.3 Å². The number of benzene rings is 1. The number of hydrogen-bond donors (Lipinski definition) is 2. The van der Waals surface area contributed by atoms with E-state index in [2.05, 4.69) is 17.1 Å². The van der Waals surface area contributed by atoms with Gasteiger partial charge in [-0.1, -0.05) is 6.07 Å². The second-order valence-corrected chi connectivity index (χ2v) is 5.28. The quantitative estimate of drug-likeness (QED) is 0.815. The van der Waals surface area contributed by atoms with Crippen LogP contribution in [0.2, 0.25) is 0 Å². The Morgan fingerprint density at radius 2 is 1.91 bits per heavy atom. The number of ether oxygens (including phenoxy) is 1. The number of carbonyl (C=O) groups is 1. The van der Waals surface area contributed by atoms with E-state index in [4.69, 9.17) is 10.5 Å². The lowest BCUT2D eigenvalue weighted by Crippen LogP contribution is -2.52. The molecule has 126 valence electrons. The van der Waals surface area contributed by atoms with Gasteiger partial charge in [0.2, 0.25) is 0 Å². The molecule has 0 aromatic heterocycles. The van der Waals surface area contributed by atoms with Gasteiger partial charge in [-0.05, 0) is 32.0 Å². The van der Waals surface area contributed by atoms with Crippen LogP contribution in [0.5, 0.6) is 0 Å². The van der Waals surface area contributed by atoms with E-state index >= 15 is 0 Å². The lowest BCUT2D eigenvalue weighted by atomic mass is 10.1. The van der Waals surface area contributed by atoms with Crippen molar-refractivity contribution in [1.29, 1.82) is 0 Å². The van der Waals surface area contributed by atoms with E-state index in [0.29, 0.717) is 11.3 Å². The van der Waals surface area contributed by atoms with Crippen molar-refractivity contribution in [3.05, 3.63) is 29.8 Å². The van der Waals surface area contributed by atoms with Crippen LogP contribution in [0.15, 0.2) is 24.3 Å². The Balaban J connectivity index is 0.00000220. The third kappa shape index (κ3) is 5.65. The molecule has 0 spiro atoms. The Labute approximate surface area is 144 Å². The fourth-order valence-electron chi connectivity index (χ4n) is 2.39. The van der Waals surface area contributed by atoms with Crippen LogP contribution in [-0.2, 0) is 4.74 Å². The average molecular weight is 350 g/mol. The highest BCUT2D eigenvalue weighted by Gasteiger charge is 2.23. The maximum Gasteiger partial charge on any atom is 0.251 e. The maximum absolute atomic E-state index is 12.2. The second-order valence-electron chi connectivity index (χ2n) is 5.28. The number of nitrogens with two attached hydrogens (primary N) is 1. The monoisotopic (exact) mass is 349 g/mol. The van der Waals surface area contributed by atoms with Gasteiger partial charge < -0.3 is 15.8 Å². The summed E-state index contributed by atoms with van der Waals surface area (Å²) in [5, 5.41) is 3.04. The zero-order valence-electron chi connectivity index (χ0n) is 13.0. The number of rotatable bonds is 4. The van der Waals surface area contributed by atoms with Gasteiger partial charge in [-0.3, -0.25) is 9.69 Å². The minimum Gasteiger partial charge on any atom is -0.399 e. The molecular formula is C15H25Cl2N3O2. The lowest BCUT2D eigenvalue weighted by Gasteiger charge is -2.35. The molecule has 1 heterocycles. The van der Waals surface area contributed by atoms with Gasteiger partial charge >= 0.3 is 0 Å². The van der Waals surface area contributed by atoms with E-state index in [1.165, 1.54) is 0 Å². The van der Waals surface area contributed by atoms with Gasteiger partial charge in [-0.25, -0.2) is 0 Å². The number of amides is 1. The highest BCUT2D eigenvalue weighted by molar-refractivity contribution is 5.95. The van der Waals surface area contributed by atoms with Crippen LogP contribution in [-0.4, -0.2) is 49.2 Å². The van der Waals surface area contributed by atoms with Gasteiger partial charge in [0, 0.05) is 36.4 Å². The van der Waals surface area contributed by atoms with E-state index in [-0.39, 0.29) is 42.8 Å². The SMILES string of the molecule is CC(NC(=O)c1cccc(N)c1)C(C)N1CCOCC1.Cl.Cl. The zero-order chi connectivity index (χ0) is 14.5. The highest BCUT2D eigenvalue weighted by atomic mass is 35.5. The average Bonchev–Trinajstić information content (AvgIpc) is 2.47. The maximum atomic E-state index is 12.2. The number of halogens is 2. The van der Waals surface area contributed by atoms with E-state index in [1.54, 1.807) is 24.3 Å². The standard InChI is InChI=1S/C15H23N3O2.2ClH/c1-11(12(2)18-6-8-20-9-7-18)17-15(19)13-4-3-5-14(16)10-13;;/h3-5,10-12H,6-9,16H2,1-2H3,(H,17,19);2*1H. The fourth-order valence-corrected chi connectivity index (χ4v) is 2.39. The molecule has 1 aliphatic heterocycles. The molecule has 3 N–H and O–H groups in total. The van der Waals surface area contributed by atoms with Crippen molar-refractivity contribution in [3.8, 4) is 0 Å². The van der Waals surface area contributed by atoms with Crippen molar-refractivity contribution in [3.63, 3.8) is 0 Å². The molecule has 1 fully saturated rings. The van der Waals surface area contributed by atoms with Crippen molar-refractivity contribution in [2.45, 2.75) is 25.9 Å². The van der Waals surface area contributed by atoms with Gasteiger partial charge in [0.15, 0.2) is 0 Å². The Morgan fingerprint density at radius 3 is 2.50 bits per heavy atom. The van der Waals surface area contributed by atoms with Gasteiger partial charge in [-0.15, -0.1) is 24.8 Å². The van der Waals surface area contributed by atoms with Crippen molar-refractivity contribution in [1.82, 2.24) is 10.2 Å². The van der Waals surface area contributed by atoms with E-state index in [1.807, 2.05) is 6.92 Å². The van der Waals surface area contributed by atoms with Crippen LogP contribution in [0.4, 0.5) is 5.69 Å². The summed E-state index contributed by atoms with van der Waals surface area (Å²) in [5.41, 5.74) is 6.91. The van der Waals surface area contributed by atoms with Gasteiger partial charge in [0.05, 0.1) is 13.2 Å². The number of carbonyl (C=O) groups excluding carboxylic acids is 1. The van der Waals surface area contributed by atoms with E-state index in [9.17, 15) is 4.79 Å². The highest BCUT2D eigenvalue weighted by Crippen LogP contribution is 2.10. The molecule has 7 heteroatoms. The predicted octanol–water partition coefficient (Wildman–Crippen LogP) is 1.95. The molecule has 5 nitrogen and oxygen atoms in total. The number of morpholine rings is 1. The largest absolute Gasteiger partial charge is 0.399 e. The number of nitrogens with zero attached hydrogens (tertiary/aromatic N) is 1. The van der Waals surface area contributed by atoms with Crippen molar-refractivity contribution in [2.24, 2.45) is 0 Å². The lowest BCUT2D eigenvalue weighted by molar-refractivity contribution is 0.0137. The molecule has 0 radical (unpaired) electrons. The summed E-state index contributed by atoms with van der Waals surface area (Å²) in [6.45, 7) is 7.53. The first-order valence-electron chi connectivity index (χ1n) is 7.06. The third-order valence-corrected chi connectivity index (χ3v) is 3.85. The summed E-state index contributed by atoms with van der Waals surface area (Å²) in [7, 11) is 0. The topological polar surface area (TPSA) is 67.6 Å². The molecule has 22 heavy (non-hydrogen) atoms. The van der Waals surface area contributed by atoms with Crippen LogP contribution in [0.3, 0.4) is 0 Å². The van der Waals surface area contributed by atoms with Crippen molar-refractivity contribution >= 4 is 36.4 Å². The van der Waals surface area contributed by atoms with Crippen LogP contribution in [0, 0.1) is 0 Å². The number of anilines is 1. The molecule has 1 aliphatic rings. The third-order valence-electron chi connectivity index (χ3n) is 3.85. The molecular weight excluding hydrogens is 325 g/mol. The molecule has 0 aliphatic carbocycles. The predicted molar refractivity (Wildman–Crippen MR) is 94.1 cm³/mol. The van der Waals surface area contributed by atoms with Crippen LogP contribution in [0.25, 0.3) is 0 Å². The van der Waals surface area contributed by atoms with Gasteiger partial charge in [-0.2, -0.15) is 0 Å². The fraction of sp³-hybridized carbons (Fsp3) is 0.533. The molecule has 1 aromatic carbocycles. The Bertz CT molecular complexity index is 468. The van der Waals surface area contributed by atoms with Crippen molar-refractivity contribution < 1.29 is 9.53 Å². The van der Waals surface area contributed by atoms with Crippen LogP contribution >= 0.6 is 24.8 Å². The first kappa shape index (κ1) is 21.0. The molecule has 2 unspecified atom stereocenters. The summed E-state index contributed by atoms with van der Waals surface area (Å²) in [5.74, 6) is -0.0788. The first-order chi connectivity index (χ1) is 9.58. The van der Waals surface area contributed by atoms with E-state index < -0.39 is 0 Å². The molecule has 1 saturated heterocycles. The molecule has 2 atom stereocenters. The molecule has 1 amide bonds. The minimum atomic E-state index is -0.0788. The Kier molecular flexibility index (Phi) is 9.44. The number of nitrogen functional groups attached to an aromatic ring is 1. The molecule has 1 aromatic rings. The Hall–Kier alpha value is -1.01. The smallest absolute Gasteiger partial charge is 0.251 e. The summed E-state index contributed by atoms with van der Waals surface area (Å²) in [6.07, 6.45) is 0. The summed E-state index contributed by atoms with van der Waals surface area (Å²) in [6, 6.07) is 7.39. The van der Waals surface area contributed by atoms with Crippen LogP contribution < -0.4 is 11.1 Å². The van der Waals surface area contributed by atoms with Crippen LogP contribution in [0.1, 0.15) is 24.2 Å². The molecule has 2 rings (SSSR count). The van der Waals surface area contributed by atoms with Gasteiger partial charge in [0.25, 0.3) is 5.91 Å². The number of nitrogens with one attached hydrogen (secondary N) is 1. The van der Waals surface area contributed by atoms with Crippen molar-refractivity contribution in [2.75, 3.05) is 32.0 Å². The minimum absolute atomic E-state index is 0. The summed E-state index contributed by atoms with van der Waals surface area (Å²) >= 11 is 0. The van der Waals surface area contributed by atoms with Gasteiger partial charge in [0.1, 0.15) is 0 Å². The summed E-state index contributed by atoms with van der Waals surface area (Å²) < 4.78 is 5.35. The second kappa shape index (κ2) is 9.90. The number of hydrogen-bond acceptors (Lipinski definition) is 4. The first-order valence-corrected chi connectivity index (χ1v) is 7.06. The zero-order valence-corrected chi connectivity index (χ0v) is 14.6. The normalized spacial score (nSPS) is 17.5.